The molecule has 32 heavy (non-hydrogen) atoms. The molecule has 2 aliphatic heterocycles. The Balaban J connectivity index is 1.55. The van der Waals surface area contributed by atoms with Gasteiger partial charge in [-0.25, -0.2) is 8.42 Å². The van der Waals surface area contributed by atoms with Gasteiger partial charge in [-0.2, -0.15) is 0 Å². The van der Waals surface area contributed by atoms with Crippen LogP contribution in [0.4, 0.5) is 11.4 Å². The van der Waals surface area contributed by atoms with Gasteiger partial charge in [0, 0.05) is 18.0 Å². The number of likely N-dealkylation sites (tertiary alicyclic amines) is 1. The third-order valence-electron chi connectivity index (χ3n) is 5.86. The summed E-state index contributed by atoms with van der Waals surface area (Å²) < 4.78 is 28.6. The molecule has 2 aromatic carbocycles. The molecule has 0 aromatic heterocycles. The number of thioether (sulfide) groups is 1. The summed E-state index contributed by atoms with van der Waals surface area (Å²) in [5, 5.41) is 1.89. The quantitative estimate of drug-likeness (QED) is 0.656. The van der Waals surface area contributed by atoms with E-state index in [0.717, 1.165) is 36.8 Å². The van der Waals surface area contributed by atoms with Gasteiger partial charge >= 0.3 is 0 Å². The fourth-order valence-electron chi connectivity index (χ4n) is 4.04. The minimum absolute atomic E-state index is 0.0529. The number of rotatable bonds is 4. The summed E-state index contributed by atoms with van der Waals surface area (Å²) in [6.07, 6.45) is 4.11. The summed E-state index contributed by atoms with van der Waals surface area (Å²) in [6.45, 7) is 5.04. The highest BCUT2D eigenvalue weighted by molar-refractivity contribution is 8.01. The van der Waals surface area contributed by atoms with E-state index in [1.165, 1.54) is 23.9 Å². The lowest BCUT2D eigenvalue weighted by atomic mass is 10.1. The lowest BCUT2D eigenvalue weighted by Gasteiger charge is -2.29. The highest BCUT2D eigenvalue weighted by atomic mass is 32.2. The maximum absolute atomic E-state index is 13.0. The first-order valence-electron chi connectivity index (χ1n) is 10.8. The van der Waals surface area contributed by atoms with Gasteiger partial charge in [0.25, 0.3) is 10.0 Å². The van der Waals surface area contributed by atoms with Crippen LogP contribution < -0.4 is 10.0 Å². The molecule has 1 unspecified atom stereocenters. The second-order valence-corrected chi connectivity index (χ2v) is 11.1. The number of nitrogens with one attached hydrogen (secondary N) is 2. The van der Waals surface area contributed by atoms with Crippen molar-refractivity contribution in [2.45, 2.75) is 54.6 Å². The van der Waals surface area contributed by atoms with Crippen LogP contribution in [0.1, 0.15) is 36.8 Å². The summed E-state index contributed by atoms with van der Waals surface area (Å²) in [5.41, 5.74) is 2.60. The zero-order chi connectivity index (χ0) is 22.9. The number of hydrogen-bond acceptors (Lipinski definition) is 5. The second-order valence-electron chi connectivity index (χ2n) is 8.26. The highest BCUT2D eigenvalue weighted by Crippen LogP contribution is 2.38. The van der Waals surface area contributed by atoms with Gasteiger partial charge in [0.1, 0.15) is 0 Å². The molecule has 0 aliphatic carbocycles. The van der Waals surface area contributed by atoms with E-state index < -0.39 is 21.2 Å². The fourth-order valence-corrected chi connectivity index (χ4v) is 6.33. The number of amides is 2. The zero-order valence-electron chi connectivity index (χ0n) is 18.2. The number of aryl methyl sites for hydroxylation is 2. The lowest BCUT2D eigenvalue weighted by Crippen LogP contribution is -2.45. The standard InChI is InChI=1S/C23H27N3O4S2/c1-15-8-7-9-16(2)20(15)25-32(29,30)17-10-11-19-18(14-17)24-22(27)21(31-19)23(28)26-12-5-3-4-6-13-26/h7-11,14,21,25H,3-6,12-13H2,1-2H3,(H,24,27). The van der Waals surface area contributed by atoms with Gasteiger partial charge in [0.2, 0.25) is 11.8 Å². The molecular weight excluding hydrogens is 446 g/mol. The largest absolute Gasteiger partial charge is 0.341 e. The summed E-state index contributed by atoms with van der Waals surface area (Å²) >= 11 is 1.18. The summed E-state index contributed by atoms with van der Waals surface area (Å²) in [4.78, 5) is 28.2. The molecule has 1 fully saturated rings. The van der Waals surface area contributed by atoms with E-state index in [4.69, 9.17) is 0 Å². The number of anilines is 2. The average Bonchev–Trinajstić information content (AvgIpc) is 3.05. The Morgan fingerprint density at radius 2 is 1.72 bits per heavy atom. The first kappa shape index (κ1) is 22.7. The monoisotopic (exact) mass is 473 g/mol. The number of benzene rings is 2. The third kappa shape index (κ3) is 4.63. The van der Waals surface area contributed by atoms with E-state index in [1.54, 1.807) is 11.0 Å². The van der Waals surface area contributed by atoms with Crippen molar-refractivity contribution in [2.24, 2.45) is 0 Å². The summed E-state index contributed by atoms with van der Waals surface area (Å²) in [5.74, 6) is -0.581. The van der Waals surface area contributed by atoms with Crippen LogP contribution >= 0.6 is 11.8 Å². The normalized spacial score (nSPS) is 19.0. The van der Waals surface area contributed by atoms with Gasteiger partial charge < -0.3 is 10.2 Å². The van der Waals surface area contributed by atoms with Crippen LogP contribution in [0.3, 0.4) is 0 Å². The SMILES string of the molecule is Cc1cccc(C)c1NS(=O)(=O)c1ccc2c(c1)NC(=O)C(C(=O)N1CCCCCC1)S2. The molecule has 0 bridgehead atoms. The maximum atomic E-state index is 13.0. The number of fused-ring (bicyclic) bond motifs is 1. The van der Waals surface area contributed by atoms with Crippen LogP contribution in [0.5, 0.6) is 0 Å². The molecule has 2 aromatic rings. The minimum atomic E-state index is -3.85. The number of nitrogens with zero attached hydrogens (tertiary/aromatic N) is 1. The Kier molecular flexibility index (Phi) is 6.48. The first-order chi connectivity index (χ1) is 15.3. The topological polar surface area (TPSA) is 95.6 Å². The molecule has 2 amide bonds. The van der Waals surface area contributed by atoms with Crippen molar-refractivity contribution in [3.8, 4) is 0 Å². The van der Waals surface area contributed by atoms with Crippen LogP contribution in [0.15, 0.2) is 46.2 Å². The summed E-state index contributed by atoms with van der Waals surface area (Å²) in [7, 11) is -3.85. The number of carbonyl (C=O) groups excluding carboxylic acids is 2. The van der Waals surface area contributed by atoms with Crippen LogP contribution in [0.25, 0.3) is 0 Å². The Bertz CT molecular complexity index is 1140. The number of para-hydroxylation sites is 1. The zero-order valence-corrected chi connectivity index (χ0v) is 19.8. The number of sulfonamides is 1. The van der Waals surface area contributed by atoms with Crippen LogP contribution in [0.2, 0.25) is 0 Å². The Morgan fingerprint density at radius 1 is 1.06 bits per heavy atom. The van der Waals surface area contributed by atoms with Gasteiger partial charge in [0.15, 0.2) is 5.25 Å². The van der Waals surface area contributed by atoms with Crippen molar-refractivity contribution in [1.29, 1.82) is 0 Å². The smallest absolute Gasteiger partial charge is 0.261 e. The van der Waals surface area contributed by atoms with E-state index >= 15 is 0 Å². The van der Waals surface area contributed by atoms with Crippen molar-refractivity contribution in [3.05, 3.63) is 47.5 Å². The summed E-state index contributed by atoms with van der Waals surface area (Å²) in [6, 6.07) is 10.2. The number of carbonyl (C=O) groups is 2. The van der Waals surface area contributed by atoms with Crippen molar-refractivity contribution in [3.63, 3.8) is 0 Å². The van der Waals surface area contributed by atoms with Crippen molar-refractivity contribution in [1.82, 2.24) is 4.90 Å². The van der Waals surface area contributed by atoms with Crippen LogP contribution in [-0.2, 0) is 19.6 Å². The van der Waals surface area contributed by atoms with Crippen LogP contribution in [0, 0.1) is 13.8 Å². The Hall–Kier alpha value is -2.52. The molecule has 7 nitrogen and oxygen atoms in total. The molecule has 2 N–H and O–H groups in total. The first-order valence-corrected chi connectivity index (χ1v) is 13.1. The predicted molar refractivity (Wildman–Crippen MR) is 126 cm³/mol. The Labute approximate surface area is 193 Å². The third-order valence-corrected chi connectivity index (χ3v) is 8.47. The van der Waals surface area contributed by atoms with Gasteiger partial charge in [-0.1, -0.05) is 31.0 Å². The van der Waals surface area contributed by atoms with E-state index in [1.807, 2.05) is 32.0 Å². The van der Waals surface area contributed by atoms with E-state index in [-0.39, 0.29) is 10.8 Å². The van der Waals surface area contributed by atoms with E-state index in [0.29, 0.717) is 29.4 Å². The number of hydrogen-bond donors (Lipinski definition) is 2. The lowest BCUT2D eigenvalue weighted by molar-refractivity contribution is -0.133. The van der Waals surface area contributed by atoms with Gasteiger partial charge in [-0.15, -0.1) is 11.8 Å². The Morgan fingerprint density at radius 3 is 2.38 bits per heavy atom. The van der Waals surface area contributed by atoms with Crippen molar-refractivity contribution < 1.29 is 18.0 Å². The molecule has 1 saturated heterocycles. The van der Waals surface area contributed by atoms with E-state index in [9.17, 15) is 18.0 Å². The molecule has 0 saturated carbocycles. The van der Waals surface area contributed by atoms with Gasteiger partial charge in [0.05, 0.1) is 16.3 Å². The average molecular weight is 474 g/mol. The molecule has 9 heteroatoms. The van der Waals surface area contributed by atoms with Gasteiger partial charge in [-0.05, 0) is 56.0 Å². The fraction of sp³-hybridized carbons (Fsp3) is 0.391. The van der Waals surface area contributed by atoms with Crippen molar-refractivity contribution >= 4 is 45.0 Å². The predicted octanol–water partition coefficient (Wildman–Crippen LogP) is 3.92. The maximum Gasteiger partial charge on any atom is 0.261 e. The van der Waals surface area contributed by atoms with Gasteiger partial charge in [-0.3, -0.25) is 14.3 Å². The van der Waals surface area contributed by atoms with Crippen molar-refractivity contribution in [2.75, 3.05) is 23.1 Å². The molecule has 0 spiro atoms. The molecule has 1 atom stereocenters. The molecular formula is C23H27N3O4S2. The minimum Gasteiger partial charge on any atom is -0.341 e. The highest BCUT2D eigenvalue weighted by Gasteiger charge is 2.36. The molecule has 4 rings (SSSR count). The second kappa shape index (κ2) is 9.15. The van der Waals surface area contributed by atoms with E-state index in [2.05, 4.69) is 10.0 Å². The molecule has 0 radical (unpaired) electrons. The molecule has 170 valence electrons. The van der Waals surface area contributed by atoms with Crippen LogP contribution in [-0.4, -0.2) is 43.5 Å². The molecule has 2 aliphatic rings. The molecule has 2 heterocycles.